The van der Waals surface area contributed by atoms with Gasteiger partial charge >= 0.3 is 0 Å². The number of carbonyl (C=O) groups is 1. The number of anilines is 1. The van der Waals surface area contributed by atoms with Crippen molar-refractivity contribution in [1.29, 1.82) is 0 Å². The molecule has 3 rings (SSSR count). The molecule has 2 heterocycles. The molecule has 1 aromatic rings. The lowest BCUT2D eigenvalue weighted by atomic mass is 10.1. The second-order valence-electron chi connectivity index (χ2n) is 5.08. The number of amides is 1. The Kier molecular flexibility index (Phi) is 3.23. The Hall–Kier alpha value is -1.84. The van der Waals surface area contributed by atoms with Gasteiger partial charge in [0.1, 0.15) is 5.82 Å². The maximum absolute atomic E-state index is 12.9. The minimum atomic E-state index is -0.278. The smallest absolute Gasteiger partial charge is 0.253 e. The van der Waals surface area contributed by atoms with Gasteiger partial charge in [0, 0.05) is 30.5 Å². The van der Waals surface area contributed by atoms with Crippen molar-refractivity contribution in [3.8, 4) is 0 Å². The molecule has 2 aliphatic rings. The fourth-order valence-corrected chi connectivity index (χ4v) is 2.72. The first kappa shape index (κ1) is 12.2. The molecule has 0 aliphatic carbocycles. The number of piperidine rings is 1. The van der Waals surface area contributed by atoms with Crippen LogP contribution in [0.1, 0.15) is 19.3 Å². The zero-order valence-electron chi connectivity index (χ0n) is 10.8. The number of nitrogens with zero attached hydrogens (tertiary/aromatic N) is 2. The lowest BCUT2D eigenvalue weighted by molar-refractivity contribution is -0.113. The quantitative estimate of drug-likeness (QED) is 0.816. The number of halogens is 1. The van der Waals surface area contributed by atoms with Crippen molar-refractivity contribution < 1.29 is 9.18 Å². The molecule has 1 saturated heterocycles. The summed E-state index contributed by atoms with van der Waals surface area (Å²) in [5.41, 5.74) is 1.85. The van der Waals surface area contributed by atoms with Crippen LogP contribution in [0.15, 0.2) is 36.0 Å². The van der Waals surface area contributed by atoms with Crippen LogP contribution in [0.2, 0.25) is 0 Å². The molecular weight excluding hydrogens is 243 g/mol. The molecule has 4 heteroatoms. The Morgan fingerprint density at radius 1 is 1.00 bits per heavy atom. The van der Waals surface area contributed by atoms with Gasteiger partial charge in [-0.15, -0.1) is 0 Å². The van der Waals surface area contributed by atoms with Gasteiger partial charge in [-0.1, -0.05) is 0 Å². The Morgan fingerprint density at radius 3 is 2.37 bits per heavy atom. The molecule has 0 atom stereocenters. The lowest BCUT2D eigenvalue weighted by Crippen LogP contribution is -2.32. The minimum Gasteiger partial charge on any atom is -0.373 e. The highest BCUT2D eigenvalue weighted by Gasteiger charge is 2.26. The summed E-state index contributed by atoms with van der Waals surface area (Å²) in [5.74, 6) is -0.285. The van der Waals surface area contributed by atoms with Crippen LogP contribution < -0.4 is 4.90 Å². The largest absolute Gasteiger partial charge is 0.373 e. The molecule has 0 unspecified atom stereocenters. The molecule has 0 aromatic heterocycles. The summed E-state index contributed by atoms with van der Waals surface area (Å²) < 4.78 is 12.9. The summed E-state index contributed by atoms with van der Waals surface area (Å²) in [6.07, 6.45) is 5.39. The second-order valence-corrected chi connectivity index (χ2v) is 5.08. The zero-order chi connectivity index (χ0) is 13.2. The normalized spacial score (nSPS) is 19.8. The fourth-order valence-electron chi connectivity index (χ4n) is 2.72. The van der Waals surface area contributed by atoms with Gasteiger partial charge in [0.2, 0.25) is 0 Å². The zero-order valence-corrected chi connectivity index (χ0v) is 10.8. The highest BCUT2D eigenvalue weighted by atomic mass is 19.1. The maximum atomic E-state index is 12.9. The van der Waals surface area contributed by atoms with Gasteiger partial charge in [-0.2, -0.15) is 0 Å². The Balaban J connectivity index is 1.74. The predicted molar refractivity (Wildman–Crippen MR) is 72.3 cm³/mol. The molecule has 0 spiro atoms. The molecule has 1 fully saturated rings. The van der Waals surface area contributed by atoms with E-state index in [2.05, 4.69) is 4.90 Å². The van der Waals surface area contributed by atoms with E-state index in [-0.39, 0.29) is 11.7 Å². The van der Waals surface area contributed by atoms with Crippen molar-refractivity contribution in [3.05, 3.63) is 41.9 Å². The van der Waals surface area contributed by atoms with Crippen molar-refractivity contribution >= 4 is 11.6 Å². The van der Waals surface area contributed by atoms with E-state index in [9.17, 15) is 9.18 Å². The SMILES string of the molecule is O=C1C=C(N2CCCCC2)CN1c1ccc(F)cc1. The van der Waals surface area contributed by atoms with Gasteiger partial charge < -0.3 is 9.80 Å². The standard InChI is InChI=1S/C15H17FN2O/c16-12-4-6-13(7-5-12)18-11-14(10-15(18)19)17-8-2-1-3-9-17/h4-7,10H,1-3,8-9,11H2. The van der Waals surface area contributed by atoms with Crippen LogP contribution in [-0.2, 0) is 4.79 Å². The summed E-state index contributed by atoms with van der Waals surface area (Å²) in [6, 6.07) is 6.09. The van der Waals surface area contributed by atoms with Gasteiger partial charge in [-0.25, -0.2) is 4.39 Å². The molecule has 0 bridgehead atoms. The van der Waals surface area contributed by atoms with Gasteiger partial charge in [-0.05, 0) is 43.5 Å². The molecule has 0 radical (unpaired) electrons. The van der Waals surface area contributed by atoms with Gasteiger partial charge in [0.05, 0.1) is 6.54 Å². The number of rotatable bonds is 2. The molecule has 0 saturated carbocycles. The highest BCUT2D eigenvalue weighted by Crippen LogP contribution is 2.25. The summed E-state index contributed by atoms with van der Waals surface area (Å²) in [4.78, 5) is 16.0. The third-order valence-corrected chi connectivity index (χ3v) is 3.78. The Labute approximate surface area is 112 Å². The molecule has 1 amide bonds. The van der Waals surface area contributed by atoms with Crippen LogP contribution in [0, 0.1) is 5.82 Å². The van der Waals surface area contributed by atoms with Gasteiger partial charge in [0.15, 0.2) is 0 Å². The Morgan fingerprint density at radius 2 is 1.68 bits per heavy atom. The van der Waals surface area contributed by atoms with E-state index in [0.29, 0.717) is 6.54 Å². The Bertz CT molecular complexity index is 503. The molecule has 19 heavy (non-hydrogen) atoms. The minimum absolute atomic E-state index is 0.00724. The number of hydrogen-bond acceptors (Lipinski definition) is 2. The van der Waals surface area contributed by atoms with E-state index in [1.54, 1.807) is 23.1 Å². The predicted octanol–water partition coefficient (Wildman–Crippen LogP) is 2.54. The van der Waals surface area contributed by atoms with Crippen LogP contribution in [0.25, 0.3) is 0 Å². The monoisotopic (exact) mass is 260 g/mol. The number of benzene rings is 1. The third-order valence-electron chi connectivity index (χ3n) is 3.78. The van der Waals surface area contributed by atoms with Crippen molar-refractivity contribution in [2.45, 2.75) is 19.3 Å². The molecular formula is C15H17FN2O. The van der Waals surface area contributed by atoms with Crippen LogP contribution in [0.3, 0.4) is 0 Å². The first-order chi connectivity index (χ1) is 9.24. The average Bonchev–Trinajstić information content (AvgIpc) is 2.83. The highest BCUT2D eigenvalue weighted by molar-refractivity contribution is 6.04. The lowest BCUT2D eigenvalue weighted by Gasteiger charge is -2.30. The van der Waals surface area contributed by atoms with Gasteiger partial charge in [0.25, 0.3) is 5.91 Å². The van der Waals surface area contributed by atoms with Crippen LogP contribution in [0.5, 0.6) is 0 Å². The van der Waals surface area contributed by atoms with E-state index in [1.807, 2.05) is 0 Å². The summed E-state index contributed by atoms with van der Waals surface area (Å²) in [7, 11) is 0. The van der Waals surface area contributed by atoms with E-state index in [4.69, 9.17) is 0 Å². The first-order valence-corrected chi connectivity index (χ1v) is 6.76. The van der Waals surface area contributed by atoms with E-state index >= 15 is 0 Å². The van der Waals surface area contributed by atoms with Crippen LogP contribution in [-0.4, -0.2) is 30.4 Å². The van der Waals surface area contributed by atoms with E-state index in [0.717, 1.165) is 24.5 Å². The maximum Gasteiger partial charge on any atom is 0.253 e. The molecule has 1 aromatic carbocycles. The van der Waals surface area contributed by atoms with Crippen molar-refractivity contribution in [1.82, 2.24) is 4.90 Å². The fraction of sp³-hybridized carbons (Fsp3) is 0.400. The molecule has 3 nitrogen and oxygen atoms in total. The summed E-state index contributed by atoms with van der Waals surface area (Å²) in [5, 5.41) is 0. The van der Waals surface area contributed by atoms with Gasteiger partial charge in [-0.3, -0.25) is 4.79 Å². The summed E-state index contributed by atoms with van der Waals surface area (Å²) in [6.45, 7) is 2.68. The second kappa shape index (κ2) is 5.03. The number of hydrogen-bond donors (Lipinski definition) is 0. The third kappa shape index (κ3) is 2.48. The van der Waals surface area contributed by atoms with Crippen molar-refractivity contribution in [2.75, 3.05) is 24.5 Å². The van der Waals surface area contributed by atoms with E-state index < -0.39 is 0 Å². The molecule has 100 valence electrons. The van der Waals surface area contributed by atoms with Crippen molar-refractivity contribution in [3.63, 3.8) is 0 Å². The summed E-state index contributed by atoms with van der Waals surface area (Å²) >= 11 is 0. The topological polar surface area (TPSA) is 23.6 Å². The number of likely N-dealkylation sites (tertiary alicyclic amines) is 1. The average molecular weight is 260 g/mol. The molecule has 0 N–H and O–H groups in total. The number of carbonyl (C=O) groups excluding carboxylic acids is 1. The molecule has 2 aliphatic heterocycles. The van der Waals surface area contributed by atoms with E-state index in [1.165, 1.54) is 31.4 Å². The van der Waals surface area contributed by atoms with Crippen LogP contribution in [0.4, 0.5) is 10.1 Å². The van der Waals surface area contributed by atoms with Crippen LogP contribution >= 0.6 is 0 Å². The van der Waals surface area contributed by atoms with Crippen molar-refractivity contribution in [2.24, 2.45) is 0 Å². The first-order valence-electron chi connectivity index (χ1n) is 6.76.